The molecule has 150 valence electrons. The van der Waals surface area contributed by atoms with Gasteiger partial charge in [0.25, 0.3) is 5.91 Å². The first kappa shape index (κ1) is 23.3. The number of carbonyl (C=O) groups excluding carboxylic acids is 1. The molecule has 0 bridgehead atoms. The Kier molecular flexibility index (Phi) is 9.88. The third kappa shape index (κ3) is 5.89. The fourth-order valence-corrected chi connectivity index (χ4v) is 3.30. The standard InChI is InChI=1S/C22H30N2O.C3H4/c1-5-9-13-17-16-20(23-19(17)8-4)21(25)24-22(14-10-15-22)18(11-6-2)12-7-3;1-3-2/h6-8,11-13,16,23H,2,5,9-10,14-15H2,1,3-4H3,(H,24,25);1H,2H3/b12-7-,17-13-,18-11+,19-8+;. The van der Waals surface area contributed by atoms with Crippen LogP contribution in [0.2, 0.25) is 0 Å². The lowest BCUT2D eigenvalue weighted by Gasteiger charge is -2.43. The number of amides is 1. The highest BCUT2D eigenvalue weighted by atomic mass is 16.2. The Hall–Kier alpha value is -2.73. The van der Waals surface area contributed by atoms with Crippen LogP contribution in [0.4, 0.5) is 0 Å². The van der Waals surface area contributed by atoms with Crippen LogP contribution in [0.1, 0.15) is 70.3 Å². The van der Waals surface area contributed by atoms with Crippen molar-refractivity contribution in [3.8, 4) is 12.3 Å². The maximum atomic E-state index is 12.9. The minimum atomic E-state index is -0.272. The van der Waals surface area contributed by atoms with E-state index in [1.54, 1.807) is 13.0 Å². The number of hydrogen-bond acceptors (Lipinski definition) is 1. The van der Waals surface area contributed by atoms with Gasteiger partial charge in [-0.05, 0) is 63.3 Å². The number of rotatable bonds is 7. The van der Waals surface area contributed by atoms with Gasteiger partial charge in [0.15, 0.2) is 0 Å². The summed E-state index contributed by atoms with van der Waals surface area (Å²) in [5.74, 6) is 2.21. The van der Waals surface area contributed by atoms with Crippen molar-refractivity contribution >= 4 is 18.1 Å². The zero-order valence-corrected chi connectivity index (χ0v) is 17.8. The van der Waals surface area contributed by atoms with Gasteiger partial charge in [-0.2, -0.15) is 0 Å². The van der Waals surface area contributed by atoms with Crippen LogP contribution in [0.15, 0.2) is 42.5 Å². The molecule has 1 fully saturated rings. The van der Waals surface area contributed by atoms with E-state index >= 15 is 0 Å². The highest BCUT2D eigenvalue weighted by molar-refractivity contribution is 5.93. The van der Waals surface area contributed by atoms with E-state index in [9.17, 15) is 4.79 Å². The minimum Gasteiger partial charge on any atom is -0.351 e. The van der Waals surface area contributed by atoms with Crippen LogP contribution < -0.4 is 15.9 Å². The van der Waals surface area contributed by atoms with Crippen molar-refractivity contribution in [3.63, 3.8) is 0 Å². The largest absolute Gasteiger partial charge is 0.351 e. The quantitative estimate of drug-likeness (QED) is 0.537. The molecule has 1 aliphatic rings. The topological polar surface area (TPSA) is 44.9 Å². The highest BCUT2D eigenvalue weighted by Crippen LogP contribution is 2.39. The first-order chi connectivity index (χ1) is 13.5. The van der Waals surface area contributed by atoms with Crippen LogP contribution in [-0.2, 0) is 0 Å². The summed E-state index contributed by atoms with van der Waals surface area (Å²) in [5.41, 5.74) is 1.48. The Labute approximate surface area is 170 Å². The summed E-state index contributed by atoms with van der Waals surface area (Å²) in [5, 5.41) is 5.39. The zero-order valence-electron chi connectivity index (χ0n) is 17.8. The maximum Gasteiger partial charge on any atom is 0.268 e. The number of aromatic amines is 1. The smallest absolute Gasteiger partial charge is 0.268 e. The molecular formula is C25H34N2O. The highest BCUT2D eigenvalue weighted by Gasteiger charge is 2.40. The van der Waals surface area contributed by atoms with E-state index < -0.39 is 0 Å². The number of aromatic nitrogens is 1. The molecule has 3 heteroatoms. The molecule has 0 aromatic carbocycles. The van der Waals surface area contributed by atoms with Gasteiger partial charge in [-0.15, -0.1) is 12.3 Å². The fourth-order valence-electron chi connectivity index (χ4n) is 3.30. The number of carbonyl (C=O) groups is 1. The van der Waals surface area contributed by atoms with Crippen LogP contribution in [0, 0.1) is 12.3 Å². The normalized spacial score (nSPS) is 16.8. The summed E-state index contributed by atoms with van der Waals surface area (Å²) in [6.45, 7) is 11.6. The molecule has 2 rings (SSSR count). The third-order valence-electron chi connectivity index (χ3n) is 4.82. The second-order valence-electron chi connectivity index (χ2n) is 6.87. The molecule has 0 atom stereocenters. The van der Waals surface area contributed by atoms with Gasteiger partial charge >= 0.3 is 0 Å². The van der Waals surface area contributed by atoms with Crippen molar-refractivity contribution in [1.29, 1.82) is 0 Å². The van der Waals surface area contributed by atoms with Crippen LogP contribution in [0.5, 0.6) is 0 Å². The molecule has 1 saturated carbocycles. The average Bonchev–Trinajstić information content (AvgIpc) is 3.07. The van der Waals surface area contributed by atoms with E-state index in [-0.39, 0.29) is 11.4 Å². The first-order valence-corrected chi connectivity index (χ1v) is 10.0. The maximum absolute atomic E-state index is 12.9. The Morgan fingerprint density at radius 3 is 2.57 bits per heavy atom. The molecule has 0 aliphatic heterocycles. The third-order valence-corrected chi connectivity index (χ3v) is 4.82. The molecule has 1 aromatic rings. The molecule has 1 aromatic heterocycles. The van der Waals surface area contributed by atoms with Crippen LogP contribution in [0.3, 0.4) is 0 Å². The summed E-state index contributed by atoms with van der Waals surface area (Å²) in [6.07, 6.45) is 21.8. The fraction of sp³-hybridized carbons (Fsp3) is 0.400. The minimum absolute atomic E-state index is 0.0431. The van der Waals surface area contributed by atoms with Crippen LogP contribution >= 0.6 is 0 Å². The Morgan fingerprint density at radius 1 is 1.43 bits per heavy atom. The number of terminal acetylenes is 1. The molecule has 0 radical (unpaired) electrons. The van der Waals surface area contributed by atoms with Crippen LogP contribution in [0.25, 0.3) is 12.2 Å². The van der Waals surface area contributed by atoms with Gasteiger partial charge in [-0.3, -0.25) is 4.79 Å². The van der Waals surface area contributed by atoms with Gasteiger partial charge in [-0.1, -0.05) is 56.4 Å². The van der Waals surface area contributed by atoms with E-state index in [1.807, 2.05) is 38.1 Å². The number of nitrogens with one attached hydrogen (secondary N) is 2. The second-order valence-corrected chi connectivity index (χ2v) is 6.87. The zero-order chi connectivity index (χ0) is 21.0. The summed E-state index contributed by atoms with van der Waals surface area (Å²) >= 11 is 0. The number of allylic oxidation sites excluding steroid dienone is 3. The van der Waals surface area contributed by atoms with Gasteiger partial charge in [0.05, 0.1) is 5.54 Å². The van der Waals surface area contributed by atoms with Crippen molar-refractivity contribution in [2.45, 2.75) is 65.3 Å². The van der Waals surface area contributed by atoms with Crippen molar-refractivity contribution in [2.24, 2.45) is 0 Å². The van der Waals surface area contributed by atoms with E-state index in [0.29, 0.717) is 5.69 Å². The van der Waals surface area contributed by atoms with Gasteiger partial charge in [0, 0.05) is 5.35 Å². The predicted octanol–water partition coefficient (Wildman–Crippen LogP) is 4.38. The Balaban J connectivity index is 0.00000122. The van der Waals surface area contributed by atoms with Crippen LogP contribution in [-0.4, -0.2) is 16.4 Å². The number of hydrogen-bond donors (Lipinski definition) is 2. The first-order valence-electron chi connectivity index (χ1n) is 10.0. The molecule has 28 heavy (non-hydrogen) atoms. The monoisotopic (exact) mass is 378 g/mol. The molecule has 1 heterocycles. The Bertz CT molecular complexity index is 871. The number of H-pyrrole nitrogens is 1. The van der Waals surface area contributed by atoms with Crippen molar-refractivity contribution in [2.75, 3.05) is 0 Å². The van der Waals surface area contributed by atoms with Gasteiger partial charge in [0.2, 0.25) is 0 Å². The molecular weight excluding hydrogens is 344 g/mol. The molecule has 0 spiro atoms. The van der Waals surface area contributed by atoms with E-state index in [2.05, 4.69) is 48.3 Å². The predicted molar refractivity (Wildman–Crippen MR) is 121 cm³/mol. The SMILES string of the molecule is C#CC.C=C/C=C(\C=C/C)C1(NC(=O)c2cc(=C/CCC)/c(=C\C)[nH]2)CCC1. The number of unbranched alkanes of at least 4 members (excludes halogenated alkanes) is 1. The lowest BCUT2D eigenvalue weighted by Crippen LogP contribution is -2.54. The van der Waals surface area contributed by atoms with E-state index in [0.717, 1.165) is 48.2 Å². The van der Waals surface area contributed by atoms with Gasteiger partial charge in [0.1, 0.15) is 5.69 Å². The molecule has 0 saturated heterocycles. The molecule has 1 aliphatic carbocycles. The van der Waals surface area contributed by atoms with Crippen molar-refractivity contribution in [3.05, 3.63) is 58.8 Å². The molecule has 3 nitrogen and oxygen atoms in total. The van der Waals surface area contributed by atoms with Gasteiger partial charge < -0.3 is 10.3 Å². The average molecular weight is 379 g/mol. The lowest BCUT2D eigenvalue weighted by atomic mass is 9.71. The van der Waals surface area contributed by atoms with Crippen molar-refractivity contribution in [1.82, 2.24) is 10.3 Å². The Morgan fingerprint density at radius 2 is 2.11 bits per heavy atom. The lowest BCUT2D eigenvalue weighted by molar-refractivity contribution is 0.0864. The summed E-state index contributed by atoms with van der Waals surface area (Å²) in [6, 6.07) is 1.96. The molecule has 1 amide bonds. The molecule has 2 N–H and O–H groups in total. The second kappa shape index (κ2) is 11.9. The summed E-state index contributed by atoms with van der Waals surface area (Å²) in [4.78, 5) is 16.1. The summed E-state index contributed by atoms with van der Waals surface area (Å²) in [7, 11) is 0. The van der Waals surface area contributed by atoms with E-state index in [4.69, 9.17) is 0 Å². The van der Waals surface area contributed by atoms with Crippen molar-refractivity contribution < 1.29 is 4.79 Å². The molecule has 0 unspecified atom stereocenters. The van der Waals surface area contributed by atoms with E-state index in [1.165, 1.54) is 0 Å². The van der Waals surface area contributed by atoms with Gasteiger partial charge in [-0.25, -0.2) is 0 Å². The summed E-state index contributed by atoms with van der Waals surface area (Å²) < 4.78 is 0.